The molecule has 0 aromatic carbocycles. The van der Waals surface area contributed by atoms with Gasteiger partial charge in [-0.25, -0.2) is 9.89 Å². The number of nitrogens with one attached hydrogen (secondary N) is 3. The summed E-state index contributed by atoms with van der Waals surface area (Å²) < 4.78 is 5.48. The maximum Gasteiger partial charge on any atom is 0.340 e. The molecule has 0 fully saturated rings. The quantitative estimate of drug-likeness (QED) is 0.656. The molecule has 0 aliphatic carbocycles. The van der Waals surface area contributed by atoms with Crippen molar-refractivity contribution >= 4 is 5.91 Å². The Labute approximate surface area is 127 Å². The number of hydrogen-bond donors (Lipinski definition) is 3. The molecule has 22 heavy (non-hydrogen) atoms. The number of furan rings is 1. The first kappa shape index (κ1) is 16.0. The van der Waals surface area contributed by atoms with Gasteiger partial charge in [-0.2, -0.15) is 5.10 Å². The van der Waals surface area contributed by atoms with Crippen LogP contribution in [-0.4, -0.2) is 45.6 Å². The highest BCUT2D eigenvalue weighted by atomic mass is 16.3. The molecule has 1 atom stereocenters. The molecule has 8 nitrogen and oxygen atoms in total. The smallest absolute Gasteiger partial charge is 0.340 e. The van der Waals surface area contributed by atoms with E-state index in [9.17, 15) is 9.59 Å². The van der Waals surface area contributed by atoms with Crippen LogP contribution in [0.1, 0.15) is 31.5 Å². The summed E-state index contributed by atoms with van der Waals surface area (Å²) in [6.45, 7) is 6.27. The number of aromatic amines is 2. The Morgan fingerprint density at radius 3 is 2.77 bits per heavy atom. The second kappa shape index (κ2) is 7.60. The van der Waals surface area contributed by atoms with Crippen LogP contribution in [0.25, 0.3) is 0 Å². The molecule has 2 aromatic heterocycles. The molecule has 0 aliphatic rings. The van der Waals surface area contributed by atoms with Crippen molar-refractivity contribution in [1.82, 2.24) is 25.4 Å². The second-order valence-electron chi connectivity index (χ2n) is 4.86. The minimum Gasteiger partial charge on any atom is -0.468 e. The first-order chi connectivity index (χ1) is 10.6. The lowest BCUT2D eigenvalue weighted by atomic mass is 10.2. The first-order valence-corrected chi connectivity index (χ1v) is 7.31. The van der Waals surface area contributed by atoms with Crippen molar-refractivity contribution in [2.75, 3.05) is 19.6 Å². The van der Waals surface area contributed by atoms with Gasteiger partial charge in [-0.3, -0.25) is 14.7 Å². The van der Waals surface area contributed by atoms with Crippen molar-refractivity contribution in [3.63, 3.8) is 0 Å². The van der Waals surface area contributed by atoms with E-state index in [-0.39, 0.29) is 18.4 Å². The minimum atomic E-state index is -0.417. The molecule has 1 amide bonds. The normalized spacial score (nSPS) is 12.5. The van der Waals surface area contributed by atoms with E-state index in [2.05, 4.69) is 39.2 Å². The van der Waals surface area contributed by atoms with Crippen LogP contribution in [0.5, 0.6) is 0 Å². The van der Waals surface area contributed by atoms with E-state index in [1.54, 1.807) is 6.26 Å². The standard InChI is InChI=1S/C14H21N5O3/c1-3-19(4-2)10(11-6-5-7-22-11)9-15-13(20)8-12-16-14(21)18-17-12/h5-7,10H,3-4,8-9H2,1-2H3,(H,15,20)(H2,16,17,18,21). The lowest BCUT2D eigenvalue weighted by molar-refractivity contribution is -0.120. The highest BCUT2D eigenvalue weighted by Gasteiger charge is 2.21. The SMILES string of the molecule is CCN(CC)C(CNC(=O)Cc1n[nH]c(=O)[nH]1)c1ccco1. The van der Waals surface area contributed by atoms with E-state index in [0.717, 1.165) is 18.8 Å². The fraction of sp³-hybridized carbons (Fsp3) is 0.500. The third kappa shape index (κ3) is 4.08. The Balaban J connectivity index is 1.96. The number of H-pyrrole nitrogens is 2. The van der Waals surface area contributed by atoms with Crippen molar-refractivity contribution in [2.45, 2.75) is 26.3 Å². The topological polar surface area (TPSA) is 107 Å². The van der Waals surface area contributed by atoms with Crippen molar-refractivity contribution in [2.24, 2.45) is 0 Å². The molecule has 0 bridgehead atoms. The Kier molecular flexibility index (Phi) is 5.54. The van der Waals surface area contributed by atoms with Crippen molar-refractivity contribution < 1.29 is 9.21 Å². The van der Waals surface area contributed by atoms with E-state index in [0.29, 0.717) is 12.4 Å². The van der Waals surface area contributed by atoms with E-state index in [1.165, 1.54) is 0 Å². The average molecular weight is 307 g/mol. The van der Waals surface area contributed by atoms with Gasteiger partial charge in [0.2, 0.25) is 5.91 Å². The Hall–Kier alpha value is -2.35. The molecule has 3 N–H and O–H groups in total. The summed E-state index contributed by atoms with van der Waals surface area (Å²) in [6, 6.07) is 3.72. The van der Waals surface area contributed by atoms with Crippen molar-refractivity contribution in [3.05, 3.63) is 40.5 Å². The van der Waals surface area contributed by atoms with E-state index in [1.807, 2.05) is 12.1 Å². The zero-order valence-corrected chi connectivity index (χ0v) is 12.8. The van der Waals surface area contributed by atoms with E-state index >= 15 is 0 Å². The number of carbonyl (C=O) groups excluding carboxylic acids is 1. The van der Waals surface area contributed by atoms with Gasteiger partial charge in [0.15, 0.2) is 0 Å². The van der Waals surface area contributed by atoms with Crippen molar-refractivity contribution in [3.8, 4) is 0 Å². The van der Waals surface area contributed by atoms with Crippen LogP contribution >= 0.6 is 0 Å². The average Bonchev–Trinajstić information content (AvgIpc) is 3.15. The molecule has 120 valence electrons. The largest absolute Gasteiger partial charge is 0.468 e. The number of nitrogens with zero attached hydrogens (tertiary/aromatic N) is 2. The van der Waals surface area contributed by atoms with Gasteiger partial charge in [0.05, 0.1) is 18.7 Å². The number of rotatable bonds is 8. The molecule has 2 rings (SSSR count). The molecular formula is C14H21N5O3. The van der Waals surface area contributed by atoms with Crippen LogP contribution in [0.2, 0.25) is 0 Å². The highest BCUT2D eigenvalue weighted by molar-refractivity contribution is 5.77. The molecule has 0 spiro atoms. The van der Waals surface area contributed by atoms with Gasteiger partial charge in [0.1, 0.15) is 11.6 Å². The Morgan fingerprint density at radius 1 is 1.45 bits per heavy atom. The third-order valence-corrected chi connectivity index (χ3v) is 3.50. The summed E-state index contributed by atoms with van der Waals surface area (Å²) in [4.78, 5) is 27.6. The molecule has 0 saturated carbocycles. The van der Waals surface area contributed by atoms with E-state index < -0.39 is 5.69 Å². The predicted octanol–water partition coefficient (Wildman–Crippen LogP) is 0.433. The summed E-state index contributed by atoms with van der Waals surface area (Å²) in [5.74, 6) is 0.934. The highest BCUT2D eigenvalue weighted by Crippen LogP contribution is 2.20. The van der Waals surface area contributed by atoms with Crippen LogP contribution < -0.4 is 11.0 Å². The summed E-state index contributed by atoms with van der Waals surface area (Å²) in [5, 5.41) is 8.81. The summed E-state index contributed by atoms with van der Waals surface area (Å²) in [5.41, 5.74) is -0.417. The molecule has 2 aromatic rings. The molecule has 0 aliphatic heterocycles. The zero-order chi connectivity index (χ0) is 15.9. The van der Waals surface area contributed by atoms with Crippen LogP contribution in [0, 0.1) is 0 Å². The van der Waals surface area contributed by atoms with Gasteiger partial charge in [0, 0.05) is 6.54 Å². The second-order valence-corrected chi connectivity index (χ2v) is 4.86. The number of likely N-dealkylation sites (N-methyl/N-ethyl adjacent to an activating group) is 1. The molecule has 0 saturated heterocycles. The fourth-order valence-corrected chi connectivity index (χ4v) is 2.37. The minimum absolute atomic E-state index is 0.0211. The lowest BCUT2D eigenvalue weighted by Gasteiger charge is -2.28. The van der Waals surface area contributed by atoms with Crippen LogP contribution in [0.4, 0.5) is 0 Å². The van der Waals surface area contributed by atoms with Crippen LogP contribution in [-0.2, 0) is 11.2 Å². The number of aromatic nitrogens is 3. The molecule has 2 heterocycles. The molecule has 8 heteroatoms. The van der Waals surface area contributed by atoms with Crippen LogP contribution in [0.3, 0.4) is 0 Å². The van der Waals surface area contributed by atoms with Gasteiger partial charge in [-0.05, 0) is 25.2 Å². The first-order valence-electron chi connectivity index (χ1n) is 7.31. The number of hydrogen-bond acceptors (Lipinski definition) is 5. The zero-order valence-electron chi connectivity index (χ0n) is 12.8. The lowest BCUT2D eigenvalue weighted by Crippen LogP contribution is -2.38. The molecular weight excluding hydrogens is 286 g/mol. The summed E-state index contributed by atoms with van der Waals surface area (Å²) in [6.07, 6.45) is 1.66. The molecule has 0 radical (unpaired) electrons. The Morgan fingerprint density at radius 2 is 2.23 bits per heavy atom. The molecule has 1 unspecified atom stereocenters. The van der Waals surface area contributed by atoms with Gasteiger partial charge in [-0.15, -0.1) is 0 Å². The monoisotopic (exact) mass is 307 g/mol. The number of carbonyl (C=O) groups is 1. The Bertz CT molecular complexity index is 627. The van der Waals surface area contributed by atoms with Crippen LogP contribution in [0.15, 0.2) is 27.6 Å². The maximum absolute atomic E-state index is 12.0. The van der Waals surface area contributed by atoms with Crippen molar-refractivity contribution in [1.29, 1.82) is 0 Å². The van der Waals surface area contributed by atoms with Gasteiger partial charge >= 0.3 is 5.69 Å². The number of amides is 1. The van der Waals surface area contributed by atoms with Gasteiger partial charge in [0.25, 0.3) is 0 Å². The van der Waals surface area contributed by atoms with Gasteiger partial charge < -0.3 is 9.73 Å². The third-order valence-electron chi connectivity index (χ3n) is 3.50. The predicted molar refractivity (Wildman–Crippen MR) is 80.3 cm³/mol. The fourth-order valence-electron chi connectivity index (χ4n) is 2.37. The summed E-state index contributed by atoms with van der Waals surface area (Å²) in [7, 11) is 0. The summed E-state index contributed by atoms with van der Waals surface area (Å²) >= 11 is 0. The van der Waals surface area contributed by atoms with Gasteiger partial charge in [-0.1, -0.05) is 13.8 Å². The van der Waals surface area contributed by atoms with E-state index in [4.69, 9.17) is 4.42 Å². The maximum atomic E-state index is 12.0.